The van der Waals surface area contributed by atoms with Gasteiger partial charge in [0.2, 0.25) is 0 Å². The first-order valence-electron chi connectivity index (χ1n) is 31.2. The van der Waals surface area contributed by atoms with Gasteiger partial charge in [-0.05, 0) is 95.5 Å². The van der Waals surface area contributed by atoms with Crippen molar-refractivity contribution >= 4 is 136 Å². The number of aromatic nitrogens is 4. The maximum absolute atomic E-state index is 12.8. The topological polar surface area (TPSA) is 341 Å². The van der Waals surface area contributed by atoms with Crippen LogP contribution in [0.2, 0.25) is 0 Å². The number of aryl methyl sites for hydroxylation is 2. The number of aliphatic carboxylic acids is 1. The standard InChI is InChI=1S/C26H26N4O2.C14H19N3.C13H11NO3.C12H9NO3.C10H9N.C3H3ClO3.CH4.Li.H2O/c1-17-12-14-19(15-13-17)30-23(16-22(29-30)26(2,3)4)28-25(32)24(31)27-21-11-7-9-18-8-5-6-10-20(18)21;1-10-5-7-11(8-6-10)17-13(15)9-12(16-17)14(2,3)4;1-17-13(16)12(15)14-11-8-4-6-9-5-2-3-7-10(9)11;14-11(12(15)16)13-10-7-3-5-8-4-1-2-6-9(8)10;11-10-7-3-5-8-4-1-2-6-9(8)10;1-7-3(6)2(4)5;;;/h5-16H,1-4H3,(H,27,31)(H,28,32);5-9H,15H2,1-4H3;2-8H,1H3,(H,14,15);1-7H,(H,13,14)(H,15,16);1-7H,11H2;1H3;1H4;;1H2/q;;;;;;;+1;/p-1. The Kier molecular flexibility index (Phi) is 31.3. The van der Waals surface area contributed by atoms with Crippen LogP contribution < -0.4 is 51.6 Å². The molecule has 12 rings (SSSR count). The van der Waals surface area contributed by atoms with E-state index < -0.39 is 46.8 Å². The molecule has 103 heavy (non-hydrogen) atoms. The number of nitrogens with zero attached hydrogens (tertiary/aromatic N) is 4. The molecule has 0 saturated heterocycles. The number of esters is 2. The minimum atomic E-state index is -1.49. The quantitative estimate of drug-likeness (QED) is 0.0256. The predicted molar refractivity (Wildman–Crippen MR) is 404 cm³/mol. The number of carboxylic acids is 1. The van der Waals surface area contributed by atoms with Crippen molar-refractivity contribution < 1.29 is 77.3 Å². The number of fused-ring (bicyclic) bond motifs is 4. The van der Waals surface area contributed by atoms with Gasteiger partial charge in [0.25, 0.3) is 0 Å². The van der Waals surface area contributed by atoms with E-state index in [0.717, 1.165) is 78.8 Å². The molecule has 0 aliphatic carbocycles. The normalized spacial score (nSPS) is 10.3. The number of ether oxygens (including phenoxy) is 2. The number of carbonyl (C=O) groups excluding carboxylic acids is 7. The molecule has 2 aromatic heterocycles. The van der Waals surface area contributed by atoms with Gasteiger partial charge >= 0.3 is 65.6 Å². The summed E-state index contributed by atoms with van der Waals surface area (Å²) in [5, 5.41) is 34.8. The number of nitrogen functional groups attached to an aromatic ring is 2. The van der Waals surface area contributed by atoms with Crippen molar-refractivity contribution in [2.75, 3.05) is 47.0 Å². The summed E-state index contributed by atoms with van der Waals surface area (Å²) in [4.78, 5) is 88.9. The van der Waals surface area contributed by atoms with E-state index >= 15 is 0 Å². The average Bonchev–Trinajstić information content (AvgIpc) is 1.71. The zero-order valence-electron chi connectivity index (χ0n) is 58.2. The minimum absolute atomic E-state index is 0. The summed E-state index contributed by atoms with van der Waals surface area (Å²) in [6, 6.07) is 72.9. The maximum atomic E-state index is 12.8. The van der Waals surface area contributed by atoms with Crippen LogP contribution >= 0.6 is 11.6 Å². The smallest absolute Gasteiger partial charge is 0.870 e. The van der Waals surface area contributed by atoms with E-state index in [1.807, 2.05) is 210 Å². The molecule has 528 valence electrons. The molecule has 0 aliphatic heterocycles. The summed E-state index contributed by atoms with van der Waals surface area (Å²) < 4.78 is 11.7. The zero-order valence-corrected chi connectivity index (χ0v) is 59.0. The summed E-state index contributed by atoms with van der Waals surface area (Å²) in [6.07, 6.45) is 0. The molecule has 0 atom stereocenters. The first kappa shape index (κ1) is 83.5. The van der Waals surface area contributed by atoms with Gasteiger partial charge in [-0.25, -0.2) is 23.7 Å². The molecule has 12 aromatic rings. The Morgan fingerprint density at radius 1 is 0.427 bits per heavy atom. The average molecular weight is 1410 g/mol. The van der Waals surface area contributed by atoms with Gasteiger partial charge in [0.05, 0.1) is 37.0 Å². The fourth-order valence-corrected chi connectivity index (χ4v) is 9.58. The molecule has 0 radical (unpaired) electrons. The van der Waals surface area contributed by atoms with Crippen molar-refractivity contribution in [3.8, 4) is 11.4 Å². The van der Waals surface area contributed by atoms with Crippen LogP contribution in [0.5, 0.6) is 0 Å². The van der Waals surface area contributed by atoms with Gasteiger partial charge in [0.1, 0.15) is 11.6 Å². The molecule has 0 fully saturated rings. The summed E-state index contributed by atoms with van der Waals surface area (Å²) in [6.45, 7) is 16.6. The number of hydrogen-bond donors (Lipinski definition) is 7. The molecule has 0 spiro atoms. The SMILES string of the molecule is C.COC(=O)C(=O)Cl.COC(=O)C(=O)Nc1cccc2ccccc12.Cc1ccc(-n2nc(C(C)(C)C)cc2N)cc1.Cc1ccc(-n2nc(C(C)(C)C)cc2NC(=O)C(=O)Nc2cccc3ccccc23)cc1.Nc1cccc2ccccc12.O=C(O)C(=O)Nc1cccc2ccccc12.[Li+].[OH-]. The van der Waals surface area contributed by atoms with E-state index in [2.05, 4.69) is 104 Å². The molecule has 10 N–H and O–H groups in total. The second-order valence-electron chi connectivity index (χ2n) is 24.4. The third kappa shape index (κ3) is 23.6. The minimum Gasteiger partial charge on any atom is -0.870 e. The molecule has 0 unspecified atom stereocenters. The Bertz CT molecular complexity index is 4910. The molecule has 10 aromatic carbocycles. The predicted octanol–water partition coefficient (Wildman–Crippen LogP) is 11.9. The fourth-order valence-electron chi connectivity index (χ4n) is 9.50. The zero-order chi connectivity index (χ0) is 72.8. The van der Waals surface area contributed by atoms with Crippen molar-refractivity contribution in [3.63, 3.8) is 0 Å². The largest absolute Gasteiger partial charge is 1.00 e. The second-order valence-corrected chi connectivity index (χ2v) is 24.7. The first-order valence-corrected chi connectivity index (χ1v) is 31.6. The Balaban J connectivity index is 0.000000276. The molecule has 0 aliphatic rings. The number of carbonyl (C=O) groups is 8. The number of amides is 4. The number of benzene rings is 10. The van der Waals surface area contributed by atoms with E-state index in [9.17, 15) is 38.4 Å². The Labute approximate surface area is 614 Å². The maximum Gasteiger partial charge on any atom is 1.00 e. The van der Waals surface area contributed by atoms with Crippen LogP contribution in [0, 0.1) is 13.8 Å². The molecule has 4 amide bonds. The number of carboxylic acid groups (broad SMARTS) is 1. The van der Waals surface area contributed by atoms with Crippen LogP contribution in [0.3, 0.4) is 0 Å². The van der Waals surface area contributed by atoms with E-state index in [1.165, 1.54) is 18.1 Å². The monoisotopic (exact) mass is 1400 g/mol. The third-order valence-electron chi connectivity index (χ3n) is 14.8. The Morgan fingerprint density at radius 2 is 0.757 bits per heavy atom. The summed E-state index contributed by atoms with van der Waals surface area (Å²) in [5.74, 6) is -5.61. The van der Waals surface area contributed by atoms with Crippen molar-refractivity contribution in [2.24, 2.45) is 0 Å². The number of hydrogen-bond acceptors (Lipinski definition) is 15. The Morgan fingerprint density at radius 3 is 1.13 bits per heavy atom. The number of halogens is 1. The van der Waals surface area contributed by atoms with E-state index in [-0.39, 0.29) is 42.6 Å². The van der Waals surface area contributed by atoms with Gasteiger partial charge in [-0.2, -0.15) is 10.2 Å². The number of nitrogens with two attached hydrogens (primary N) is 2. The van der Waals surface area contributed by atoms with Gasteiger partial charge in [-0.15, -0.1) is 0 Å². The fraction of sp³-hybridized carbons (Fsp3) is 0.165. The first-order chi connectivity index (χ1) is 47.6. The van der Waals surface area contributed by atoms with Crippen LogP contribution in [0.4, 0.5) is 34.4 Å². The van der Waals surface area contributed by atoms with Gasteiger partial charge in [0.15, 0.2) is 0 Å². The number of nitrogens with one attached hydrogen (secondary N) is 4. The van der Waals surface area contributed by atoms with E-state index in [4.69, 9.17) is 16.6 Å². The van der Waals surface area contributed by atoms with Gasteiger partial charge in [0, 0.05) is 67.3 Å². The molecular formula is C79H82ClLiN10O12. The van der Waals surface area contributed by atoms with Gasteiger partial charge < -0.3 is 52.8 Å². The molecule has 24 heteroatoms. The third-order valence-corrected chi connectivity index (χ3v) is 15.0. The van der Waals surface area contributed by atoms with Crippen LogP contribution in [-0.4, -0.2) is 91.1 Å². The Hall–Kier alpha value is -11.9. The van der Waals surface area contributed by atoms with Crippen LogP contribution in [-0.2, 0) is 58.7 Å². The van der Waals surface area contributed by atoms with Crippen molar-refractivity contribution in [3.05, 3.63) is 253 Å². The molecular weight excluding hydrogens is 1320 g/mol. The van der Waals surface area contributed by atoms with Crippen LogP contribution in [0.15, 0.2) is 231 Å². The van der Waals surface area contributed by atoms with E-state index in [1.54, 1.807) is 33.6 Å². The summed E-state index contributed by atoms with van der Waals surface area (Å²) in [5.41, 5.74) is 20.1. The van der Waals surface area contributed by atoms with E-state index in [0.29, 0.717) is 28.7 Å². The van der Waals surface area contributed by atoms with Gasteiger partial charge in [-0.3, -0.25) is 24.0 Å². The molecule has 0 saturated carbocycles. The molecule has 2 heterocycles. The number of methoxy groups -OCH3 is 2. The number of anilines is 6. The second kappa shape index (κ2) is 38.6. The van der Waals surface area contributed by atoms with Crippen molar-refractivity contribution in [1.82, 2.24) is 19.6 Å². The number of rotatable bonds is 7. The molecule has 22 nitrogen and oxygen atoms in total. The van der Waals surface area contributed by atoms with Crippen molar-refractivity contribution in [1.29, 1.82) is 0 Å². The summed E-state index contributed by atoms with van der Waals surface area (Å²) in [7, 11) is 2.26. The van der Waals surface area contributed by atoms with Crippen LogP contribution in [0.1, 0.15) is 71.5 Å². The molecule has 0 bridgehead atoms. The van der Waals surface area contributed by atoms with Gasteiger partial charge in [-0.1, -0.05) is 230 Å². The van der Waals surface area contributed by atoms with Crippen LogP contribution in [0.25, 0.3) is 54.5 Å². The summed E-state index contributed by atoms with van der Waals surface area (Å²) >= 11 is 4.61. The van der Waals surface area contributed by atoms with Crippen molar-refractivity contribution in [2.45, 2.75) is 73.6 Å².